The molecule has 4 N–H and O–H groups in total. The molecule has 100 valence electrons. The smallest absolute Gasteiger partial charge is 0.148 e. The molecule has 0 aromatic carbocycles. The highest BCUT2D eigenvalue weighted by Gasteiger charge is 2.30. The molecule has 1 aliphatic rings. The molecule has 1 heterocycles. The Bertz CT molecular complexity index is 392. The average Bonchev–Trinajstić information content (AvgIpc) is 2.35. The van der Waals surface area contributed by atoms with E-state index in [9.17, 15) is 0 Å². The van der Waals surface area contributed by atoms with Gasteiger partial charge in [0, 0.05) is 18.2 Å². The summed E-state index contributed by atoms with van der Waals surface area (Å²) in [6, 6.07) is 0.437. The normalized spacial score (nSPS) is 22.4. The van der Waals surface area contributed by atoms with Crippen molar-refractivity contribution in [2.75, 3.05) is 17.3 Å². The zero-order valence-corrected chi connectivity index (χ0v) is 10.9. The van der Waals surface area contributed by atoms with Gasteiger partial charge in [0.1, 0.15) is 18.0 Å². The molecule has 0 atom stereocenters. The zero-order chi connectivity index (χ0) is 13.0. The van der Waals surface area contributed by atoms with Crippen molar-refractivity contribution in [2.45, 2.75) is 45.3 Å². The lowest BCUT2D eigenvalue weighted by molar-refractivity contribution is 0.00291. The maximum absolute atomic E-state index is 5.54. The zero-order valence-electron chi connectivity index (χ0n) is 10.9. The molecular formula is C12H21N5O. The molecule has 0 aliphatic heterocycles. The summed E-state index contributed by atoms with van der Waals surface area (Å²) in [7, 11) is 0. The Morgan fingerprint density at radius 1 is 1.33 bits per heavy atom. The van der Waals surface area contributed by atoms with E-state index >= 15 is 0 Å². The first-order valence-corrected chi connectivity index (χ1v) is 6.47. The lowest BCUT2D eigenvalue weighted by atomic mass is 9.89. The van der Waals surface area contributed by atoms with Crippen LogP contribution in [-0.2, 0) is 11.2 Å². The van der Waals surface area contributed by atoms with E-state index in [-0.39, 0.29) is 0 Å². The van der Waals surface area contributed by atoms with Gasteiger partial charge in [0.15, 0.2) is 0 Å². The quantitative estimate of drug-likeness (QED) is 0.522. The van der Waals surface area contributed by atoms with Gasteiger partial charge in [0.2, 0.25) is 0 Å². The van der Waals surface area contributed by atoms with Crippen LogP contribution in [0.5, 0.6) is 0 Å². The van der Waals surface area contributed by atoms with E-state index in [0.717, 1.165) is 37.3 Å². The van der Waals surface area contributed by atoms with E-state index in [1.165, 1.54) is 6.33 Å². The number of aromatic nitrogens is 2. The monoisotopic (exact) mass is 251 g/mol. The SMILES string of the molecule is CCOC1CC(Nc2ncnc(NN)c2CC)C1. The molecule has 0 amide bonds. The van der Waals surface area contributed by atoms with Gasteiger partial charge in [-0.3, -0.25) is 0 Å². The summed E-state index contributed by atoms with van der Waals surface area (Å²) in [4.78, 5) is 8.40. The first kappa shape index (κ1) is 13.0. The third-order valence-corrected chi connectivity index (χ3v) is 3.27. The minimum absolute atomic E-state index is 0.395. The van der Waals surface area contributed by atoms with Crippen LogP contribution in [0, 0.1) is 0 Å². The highest BCUT2D eigenvalue weighted by molar-refractivity contribution is 5.57. The van der Waals surface area contributed by atoms with Crippen LogP contribution in [0.25, 0.3) is 0 Å². The maximum atomic E-state index is 5.54. The first-order valence-electron chi connectivity index (χ1n) is 6.47. The number of anilines is 2. The Balaban J connectivity index is 1.98. The highest BCUT2D eigenvalue weighted by Crippen LogP contribution is 2.28. The predicted octanol–water partition coefficient (Wildman–Crippen LogP) is 1.30. The average molecular weight is 251 g/mol. The predicted molar refractivity (Wildman–Crippen MR) is 71.3 cm³/mol. The second kappa shape index (κ2) is 5.97. The number of hydrogen-bond acceptors (Lipinski definition) is 6. The standard InChI is InChI=1S/C12H21N5O/c1-3-10-11(14-7-15-12(10)17-13)16-8-5-9(6-8)18-4-2/h7-9H,3-6,13H2,1-2H3,(H2,14,15,16,17). The number of hydrogen-bond donors (Lipinski definition) is 3. The molecule has 1 aromatic rings. The van der Waals surface area contributed by atoms with Gasteiger partial charge in [-0.05, 0) is 26.2 Å². The number of nitrogens with two attached hydrogens (primary N) is 1. The second-order valence-corrected chi connectivity index (χ2v) is 4.44. The maximum Gasteiger partial charge on any atom is 0.148 e. The van der Waals surface area contributed by atoms with Gasteiger partial charge in [-0.2, -0.15) is 0 Å². The molecule has 18 heavy (non-hydrogen) atoms. The third kappa shape index (κ3) is 2.70. The molecule has 1 saturated carbocycles. The van der Waals surface area contributed by atoms with Crippen molar-refractivity contribution in [3.8, 4) is 0 Å². The molecule has 2 rings (SSSR count). The van der Waals surface area contributed by atoms with Crippen molar-refractivity contribution in [3.05, 3.63) is 11.9 Å². The van der Waals surface area contributed by atoms with Crippen LogP contribution >= 0.6 is 0 Å². The largest absolute Gasteiger partial charge is 0.378 e. The summed E-state index contributed by atoms with van der Waals surface area (Å²) in [5, 5.41) is 3.43. The van der Waals surface area contributed by atoms with Gasteiger partial charge < -0.3 is 15.5 Å². The number of nitrogen functional groups attached to an aromatic ring is 1. The van der Waals surface area contributed by atoms with Crippen molar-refractivity contribution in [1.29, 1.82) is 0 Å². The molecule has 0 saturated heterocycles. The summed E-state index contributed by atoms with van der Waals surface area (Å²) in [5.74, 6) is 7.01. The lowest BCUT2D eigenvalue weighted by Crippen LogP contribution is -2.41. The summed E-state index contributed by atoms with van der Waals surface area (Å²) >= 11 is 0. The fourth-order valence-electron chi connectivity index (χ4n) is 2.24. The van der Waals surface area contributed by atoms with E-state index in [1.807, 2.05) is 6.92 Å². The summed E-state index contributed by atoms with van der Waals surface area (Å²) in [6.07, 6.45) is 4.82. The summed E-state index contributed by atoms with van der Waals surface area (Å²) in [6.45, 7) is 4.88. The minimum Gasteiger partial charge on any atom is -0.378 e. The third-order valence-electron chi connectivity index (χ3n) is 3.27. The molecule has 0 spiro atoms. The second-order valence-electron chi connectivity index (χ2n) is 4.44. The van der Waals surface area contributed by atoms with Gasteiger partial charge in [-0.1, -0.05) is 6.92 Å². The van der Waals surface area contributed by atoms with E-state index < -0.39 is 0 Å². The van der Waals surface area contributed by atoms with Gasteiger partial charge in [0.05, 0.1) is 6.10 Å². The first-order chi connectivity index (χ1) is 8.78. The van der Waals surface area contributed by atoms with Crippen LogP contribution in [0.15, 0.2) is 6.33 Å². The van der Waals surface area contributed by atoms with Crippen LogP contribution in [0.1, 0.15) is 32.3 Å². The number of ether oxygens (including phenoxy) is 1. The fraction of sp³-hybridized carbons (Fsp3) is 0.667. The molecule has 0 unspecified atom stereocenters. The van der Waals surface area contributed by atoms with Gasteiger partial charge in [-0.25, -0.2) is 15.8 Å². The van der Waals surface area contributed by atoms with Crippen molar-refractivity contribution in [2.24, 2.45) is 5.84 Å². The van der Waals surface area contributed by atoms with E-state index in [2.05, 4.69) is 27.6 Å². The minimum atomic E-state index is 0.395. The van der Waals surface area contributed by atoms with Crippen molar-refractivity contribution >= 4 is 11.6 Å². The highest BCUT2D eigenvalue weighted by atomic mass is 16.5. The Labute approximate surface area is 107 Å². The van der Waals surface area contributed by atoms with Crippen LogP contribution in [0.2, 0.25) is 0 Å². The van der Waals surface area contributed by atoms with E-state index in [1.54, 1.807) is 0 Å². The molecule has 6 heteroatoms. The molecule has 6 nitrogen and oxygen atoms in total. The Kier molecular flexibility index (Phi) is 4.33. The Morgan fingerprint density at radius 3 is 2.67 bits per heavy atom. The summed E-state index contributed by atoms with van der Waals surface area (Å²) < 4.78 is 5.54. The van der Waals surface area contributed by atoms with Crippen molar-refractivity contribution in [3.63, 3.8) is 0 Å². The lowest BCUT2D eigenvalue weighted by Gasteiger charge is -2.36. The molecule has 0 radical (unpaired) electrons. The van der Waals surface area contributed by atoms with E-state index in [0.29, 0.717) is 18.0 Å². The summed E-state index contributed by atoms with van der Waals surface area (Å²) in [5.41, 5.74) is 3.64. The molecule has 1 fully saturated rings. The van der Waals surface area contributed by atoms with Crippen molar-refractivity contribution < 1.29 is 4.74 Å². The van der Waals surface area contributed by atoms with Crippen LogP contribution in [-0.4, -0.2) is 28.7 Å². The number of nitrogens with zero attached hydrogens (tertiary/aromatic N) is 2. The number of hydrazine groups is 1. The van der Waals surface area contributed by atoms with Crippen LogP contribution in [0.3, 0.4) is 0 Å². The topological polar surface area (TPSA) is 85.1 Å². The van der Waals surface area contributed by atoms with Crippen LogP contribution in [0.4, 0.5) is 11.6 Å². The van der Waals surface area contributed by atoms with Gasteiger partial charge in [-0.15, -0.1) is 0 Å². The van der Waals surface area contributed by atoms with Gasteiger partial charge >= 0.3 is 0 Å². The van der Waals surface area contributed by atoms with Crippen LogP contribution < -0.4 is 16.6 Å². The number of rotatable bonds is 6. The number of nitrogens with one attached hydrogen (secondary N) is 2. The Morgan fingerprint density at radius 2 is 2.06 bits per heavy atom. The van der Waals surface area contributed by atoms with Gasteiger partial charge in [0.25, 0.3) is 0 Å². The Hall–Kier alpha value is -1.40. The van der Waals surface area contributed by atoms with Crippen molar-refractivity contribution in [1.82, 2.24) is 9.97 Å². The molecule has 0 bridgehead atoms. The van der Waals surface area contributed by atoms with E-state index in [4.69, 9.17) is 10.6 Å². The molecular weight excluding hydrogens is 230 g/mol. The fourth-order valence-corrected chi connectivity index (χ4v) is 2.24. The molecule has 1 aromatic heterocycles. The molecule has 1 aliphatic carbocycles.